The van der Waals surface area contributed by atoms with Gasteiger partial charge in [0.05, 0.1) is 12.5 Å². The van der Waals surface area contributed by atoms with E-state index in [0.717, 1.165) is 5.56 Å². The molecule has 24 heavy (non-hydrogen) atoms. The molecule has 1 amide bonds. The van der Waals surface area contributed by atoms with Crippen LogP contribution in [-0.2, 0) is 25.7 Å². The van der Waals surface area contributed by atoms with E-state index in [4.69, 9.17) is 14.6 Å². The van der Waals surface area contributed by atoms with E-state index in [1.807, 2.05) is 30.3 Å². The van der Waals surface area contributed by atoms with Crippen molar-refractivity contribution in [1.82, 2.24) is 5.32 Å². The van der Waals surface area contributed by atoms with Gasteiger partial charge in [0.15, 0.2) is 5.60 Å². The molecule has 1 aliphatic heterocycles. The minimum Gasteiger partial charge on any atom is -0.481 e. The maximum Gasteiger partial charge on any atom is 0.306 e. The summed E-state index contributed by atoms with van der Waals surface area (Å²) in [7, 11) is 0. The minimum atomic E-state index is -0.887. The van der Waals surface area contributed by atoms with Crippen LogP contribution in [0.3, 0.4) is 0 Å². The zero-order valence-corrected chi connectivity index (χ0v) is 13.6. The summed E-state index contributed by atoms with van der Waals surface area (Å²) < 4.78 is 11.4. The Balaban J connectivity index is 1.60. The highest BCUT2D eigenvalue weighted by molar-refractivity contribution is 5.86. The first-order chi connectivity index (χ1) is 11.6. The summed E-state index contributed by atoms with van der Waals surface area (Å²) in [5.74, 6) is -1.27. The molecule has 6 nitrogen and oxygen atoms in total. The average molecular weight is 333 g/mol. The molecule has 1 heterocycles. The van der Waals surface area contributed by atoms with Crippen LogP contribution in [0, 0.1) is 5.92 Å². The van der Waals surface area contributed by atoms with Gasteiger partial charge in [0.2, 0.25) is 0 Å². The van der Waals surface area contributed by atoms with Crippen LogP contribution in [0.25, 0.3) is 0 Å². The molecule has 0 bridgehead atoms. The summed E-state index contributed by atoms with van der Waals surface area (Å²) in [5, 5.41) is 11.9. The quantitative estimate of drug-likeness (QED) is 0.828. The number of amides is 1. The molecule has 0 atom stereocenters. The third-order valence-corrected chi connectivity index (χ3v) is 4.89. The number of carboxylic acids is 1. The van der Waals surface area contributed by atoms with E-state index in [-0.39, 0.29) is 17.9 Å². The number of hydrogen-bond acceptors (Lipinski definition) is 4. The molecule has 2 N–H and O–H groups in total. The third kappa shape index (κ3) is 3.76. The monoisotopic (exact) mass is 333 g/mol. The van der Waals surface area contributed by atoms with Crippen molar-refractivity contribution in [2.24, 2.45) is 5.92 Å². The first kappa shape index (κ1) is 16.9. The van der Waals surface area contributed by atoms with Crippen molar-refractivity contribution < 1.29 is 24.2 Å². The first-order valence-corrected chi connectivity index (χ1v) is 8.38. The summed E-state index contributed by atoms with van der Waals surface area (Å²) >= 11 is 0. The van der Waals surface area contributed by atoms with Gasteiger partial charge in [0.25, 0.3) is 5.91 Å². The van der Waals surface area contributed by atoms with Crippen molar-refractivity contribution in [2.45, 2.75) is 43.9 Å². The van der Waals surface area contributed by atoms with Gasteiger partial charge in [-0.05, 0) is 18.4 Å². The van der Waals surface area contributed by atoms with Crippen molar-refractivity contribution in [2.75, 3.05) is 13.2 Å². The van der Waals surface area contributed by atoms with Crippen molar-refractivity contribution >= 4 is 11.9 Å². The molecule has 1 saturated heterocycles. The van der Waals surface area contributed by atoms with Crippen LogP contribution in [0.1, 0.15) is 31.2 Å². The zero-order valence-electron chi connectivity index (χ0n) is 13.6. The lowest BCUT2D eigenvalue weighted by Crippen LogP contribution is -2.57. The van der Waals surface area contributed by atoms with E-state index >= 15 is 0 Å². The van der Waals surface area contributed by atoms with Crippen LogP contribution in [0.15, 0.2) is 30.3 Å². The second-order valence-corrected chi connectivity index (χ2v) is 6.56. The SMILES string of the molecule is O=C(O)C1CC(NC(=O)C2(OCc3ccccc3)CCOCC2)C1. The number of nitrogens with one attached hydrogen (secondary N) is 1. The molecule has 0 unspecified atom stereocenters. The Kier molecular flexibility index (Phi) is 5.16. The first-order valence-electron chi connectivity index (χ1n) is 8.38. The fraction of sp³-hybridized carbons (Fsp3) is 0.556. The Morgan fingerprint density at radius 3 is 2.50 bits per heavy atom. The lowest BCUT2D eigenvalue weighted by Gasteiger charge is -2.39. The molecule has 3 rings (SSSR count). The summed E-state index contributed by atoms with van der Waals surface area (Å²) in [4.78, 5) is 23.7. The van der Waals surface area contributed by atoms with Gasteiger partial charge < -0.3 is 19.9 Å². The van der Waals surface area contributed by atoms with Crippen molar-refractivity contribution in [3.63, 3.8) is 0 Å². The van der Waals surface area contributed by atoms with Gasteiger partial charge in [-0.1, -0.05) is 30.3 Å². The number of carboxylic acid groups (broad SMARTS) is 1. The zero-order chi connectivity index (χ0) is 17.0. The predicted octanol–water partition coefficient (Wildman–Crippen LogP) is 1.73. The second kappa shape index (κ2) is 7.32. The second-order valence-electron chi connectivity index (χ2n) is 6.56. The van der Waals surface area contributed by atoms with E-state index in [1.165, 1.54) is 0 Å². The highest BCUT2D eigenvalue weighted by Gasteiger charge is 2.44. The van der Waals surface area contributed by atoms with Gasteiger partial charge in [0, 0.05) is 32.1 Å². The van der Waals surface area contributed by atoms with Crippen LogP contribution in [0.4, 0.5) is 0 Å². The highest BCUT2D eigenvalue weighted by Crippen LogP contribution is 2.31. The topological polar surface area (TPSA) is 84.9 Å². The number of carbonyl (C=O) groups is 2. The van der Waals surface area contributed by atoms with Crippen molar-refractivity contribution in [3.8, 4) is 0 Å². The normalized spacial score (nSPS) is 25.5. The molecule has 0 spiro atoms. The molecule has 1 aromatic rings. The van der Waals surface area contributed by atoms with Gasteiger partial charge >= 0.3 is 5.97 Å². The van der Waals surface area contributed by atoms with E-state index in [9.17, 15) is 9.59 Å². The van der Waals surface area contributed by atoms with Gasteiger partial charge in [0.1, 0.15) is 0 Å². The Bertz CT molecular complexity index is 576. The molecule has 2 fully saturated rings. The highest BCUT2D eigenvalue weighted by atomic mass is 16.5. The lowest BCUT2D eigenvalue weighted by molar-refractivity contribution is -0.166. The summed E-state index contributed by atoms with van der Waals surface area (Å²) in [6.45, 7) is 1.35. The Morgan fingerprint density at radius 1 is 1.21 bits per heavy atom. The van der Waals surface area contributed by atoms with Gasteiger partial charge in [-0.25, -0.2) is 0 Å². The standard InChI is InChI=1S/C18H23NO5/c20-16(21)14-10-15(11-14)19-17(22)18(6-8-23-9-7-18)24-12-13-4-2-1-3-5-13/h1-5,14-15H,6-12H2,(H,19,22)(H,20,21). The van der Waals surface area contributed by atoms with E-state index < -0.39 is 11.6 Å². The fourth-order valence-corrected chi connectivity index (χ4v) is 3.19. The maximum absolute atomic E-state index is 12.8. The minimum absolute atomic E-state index is 0.0707. The molecule has 6 heteroatoms. The molecule has 1 aliphatic carbocycles. The Labute approximate surface area is 141 Å². The number of benzene rings is 1. The number of aliphatic carboxylic acids is 1. The smallest absolute Gasteiger partial charge is 0.306 e. The van der Waals surface area contributed by atoms with Gasteiger partial charge in [-0.2, -0.15) is 0 Å². The van der Waals surface area contributed by atoms with Crippen LogP contribution >= 0.6 is 0 Å². The molecule has 130 valence electrons. The molecule has 0 radical (unpaired) electrons. The lowest BCUT2D eigenvalue weighted by atomic mass is 9.79. The number of ether oxygens (including phenoxy) is 2. The number of rotatable bonds is 6. The van der Waals surface area contributed by atoms with Crippen LogP contribution in [0.5, 0.6) is 0 Å². The van der Waals surface area contributed by atoms with Crippen LogP contribution < -0.4 is 5.32 Å². The van der Waals surface area contributed by atoms with E-state index in [1.54, 1.807) is 0 Å². The molecule has 2 aliphatic rings. The van der Waals surface area contributed by atoms with E-state index in [0.29, 0.717) is 45.5 Å². The van der Waals surface area contributed by atoms with Gasteiger partial charge in [-0.3, -0.25) is 9.59 Å². The molecular formula is C18H23NO5. The number of hydrogen-bond donors (Lipinski definition) is 2. The third-order valence-electron chi connectivity index (χ3n) is 4.89. The van der Waals surface area contributed by atoms with E-state index in [2.05, 4.69) is 5.32 Å². The Morgan fingerprint density at radius 2 is 1.88 bits per heavy atom. The fourth-order valence-electron chi connectivity index (χ4n) is 3.19. The molecule has 1 aromatic carbocycles. The molecule has 0 aromatic heterocycles. The summed E-state index contributed by atoms with van der Waals surface area (Å²) in [6.07, 6.45) is 2.01. The van der Waals surface area contributed by atoms with Gasteiger partial charge in [-0.15, -0.1) is 0 Å². The maximum atomic E-state index is 12.8. The number of carbonyl (C=O) groups excluding carboxylic acids is 1. The largest absolute Gasteiger partial charge is 0.481 e. The average Bonchev–Trinajstić information content (AvgIpc) is 2.57. The summed E-state index contributed by atoms with van der Waals surface area (Å²) in [6, 6.07) is 9.68. The molecular weight excluding hydrogens is 310 g/mol. The predicted molar refractivity (Wildman–Crippen MR) is 86.3 cm³/mol. The van der Waals surface area contributed by atoms with Crippen molar-refractivity contribution in [1.29, 1.82) is 0 Å². The van der Waals surface area contributed by atoms with Crippen LogP contribution in [-0.4, -0.2) is 41.8 Å². The van der Waals surface area contributed by atoms with Crippen molar-refractivity contribution in [3.05, 3.63) is 35.9 Å². The summed E-state index contributed by atoms with van der Waals surface area (Å²) in [5.41, 5.74) is 0.133. The van der Waals surface area contributed by atoms with Crippen LogP contribution in [0.2, 0.25) is 0 Å². The molecule has 1 saturated carbocycles. The Hall–Kier alpha value is -1.92.